The zero-order valence-corrected chi connectivity index (χ0v) is 10.4. The first kappa shape index (κ1) is 14.3. The fourth-order valence-corrected chi connectivity index (χ4v) is 1.99. The first-order chi connectivity index (χ1) is 9.43. The fourth-order valence-electron chi connectivity index (χ4n) is 1.99. The Morgan fingerprint density at radius 3 is 2.30 bits per heavy atom. The Hall–Kier alpha value is -2.15. The number of aromatic nitrogens is 2. The van der Waals surface area contributed by atoms with Gasteiger partial charge in [-0.2, -0.15) is 18.3 Å². The third kappa shape index (κ3) is 2.09. The number of ether oxygens (including phenoxy) is 1. The summed E-state index contributed by atoms with van der Waals surface area (Å²) >= 11 is 0. The molecule has 1 atom stereocenters. The van der Waals surface area contributed by atoms with Gasteiger partial charge in [-0.25, -0.2) is 0 Å². The number of hydrogen-bond donors (Lipinski definition) is 1. The summed E-state index contributed by atoms with van der Waals surface area (Å²) < 4.78 is 45.2. The molecule has 2 rings (SSSR count). The maximum atomic E-state index is 13.5. The van der Waals surface area contributed by atoms with E-state index in [1.165, 1.54) is 36.5 Å². The Kier molecular flexibility index (Phi) is 3.63. The first-order valence-corrected chi connectivity index (χ1v) is 5.65. The van der Waals surface area contributed by atoms with E-state index >= 15 is 0 Å². The Bertz CT molecular complexity index is 581. The molecule has 1 aromatic carbocycles. The van der Waals surface area contributed by atoms with E-state index in [1.54, 1.807) is 6.07 Å². The summed E-state index contributed by atoms with van der Waals surface area (Å²) in [6.45, 7) is 0. The maximum Gasteiger partial charge on any atom is 0.429 e. The van der Waals surface area contributed by atoms with Crippen LogP contribution in [-0.4, -0.2) is 29.3 Å². The number of hydrogen-bond acceptors (Lipinski definition) is 3. The number of nitrogens with zero attached hydrogens (tertiary/aromatic N) is 1. The summed E-state index contributed by atoms with van der Waals surface area (Å²) in [6.07, 6.45) is -3.71. The van der Waals surface area contributed by atoms with Crippen LogP contribution in [0.2, 0.25) is 0 Å². The van der Waals surface area contributed by atoms with Crippen molar-refractivity contribution in [1.82, 2.24) is 10.2 Å². The van der Waals surface area contributed by atoms with Crippen molar-refractivity contribution in [2.75, 3.05) is 7.11 Å². The number of methoxy groups -OCH3 is 1. The molecule has 0 fully saturated rings. The van der Waals surface area contributed by atoms with Gasteiger partial charge in [-0.1, -0.05) is 30.3 Å². The molecule has 0 amide bonds. The number of carbonyl (C=O) groups is 1. The zero-order chi connectivity index (χ0) is 14.8. The lowest BCUT2D eigenvalue weighted by Gasteiger charge is -2.32. The first-order valence-electron chi connectivity index (χ1n) is 5.65. The number of ketones is 1. The minimum atomic E-state index is -4.91. The van der Waals surface area contributed by atoms with Crippen molar-refractivity contribution in [3.63, 3.8) is 0 Å². The van der Waals surface area contributed by atoms with Gasteiger partial charge in [-0.15, -0.1) is 0 Å². The molecule has 1 aromatic heterocycles. The lowest BCUT2D eigenvalue weighted by molar-refractivity contribution is -0.252. The second kappa shape index (κ2) is 5.09. The maximum absolute atomic E-state index is 13.5. The van der Waals surface area contributed by atoms with Crippen LogP contribution in [0.25, 0.3) is 0 Å². The van der Waals surface area contributed by atoms with E-state index in [9.17, 15) is 18.0 Å². The molecule has 106 valence electrons. The highest BCUT2D eigenvalue weighted by Gasteiger charge is 2.62. The number of carbonyl (C=O) groups excluding carboxylic acids is 1. The monoisotopic (exact) mass is 284 g/mol. The van der Waals surface area contributed by atoms with Gasteiger partial charge in [-0.05, 0) is 6.07 Å². The lowest BCUT2D eigenvalue weighted by atomic mass is 9.87. The molecule has 7 heteroatoms. The van der Waals surface area contributed by atoms with Crippen LogP contribution in [0.5, 0.6) is 0 Å². The Balaban J connectivity index is 2.64. The van der Waals surface area contributed by atoms with Crippen LogP contribution >= 0.6 is 0 Å². The summed E-state index contributed by atoms with van der Waals surface area (Å²) in [5, 5.41) is 5.74. The molecule has 0 spiro atoms. The van der Waals surface area contributed by atoms with Crippen LogP contribution in [-0.2, 0) is 10.3 Å². The van der Waals surface area contributed by atoms with E-state index in [1.807, 2.05) is 0 Å². The lowest BCUT2D eigenvalue weighted by Crippen LogP contribution is -2.51. The van der Waals surface area contributed by atoms with E-state index in [-0.39, 0.29) is 11.3 Å². The van der Waals surface area contributed by atoms with Gasteiger partial charge in [0.1, 0.15) is 5.69 Å². The number of halogens is 3. The molecule has 0 aliphatic rings. The molecule has 0 saturated heterocycles. The highest BCUT2D eigenvalue weighted by Crippen LogP contribution is 2.43. The van der Waals surface area contributed by atoms with Crippen LogP contribution in [0, 0.1) is 0 Å². The summed E-state index contributed by atoms with van der Waals surface area (Å²) in [6, 6.07) is 7.95. The van der Waals surface area contributed by atoms with Crippen molar-refractivity contribution in [2.45, 2.75) is 11.8 Å². The molecular formula is C13H11F3N2O2. The van der Waals surface area contributed by atoms with Crippen LogP contribution in [0.3, 0.4) is 0 Å². The van der Waals surface area contributed by atoms with Crippen molar-refractivity contribution in [3.8, 4) is 0 Å². The Morgan fingerprint density at radius 2 is 1.85 bits per heavy atom. The second-order valence-corrected chi connectivity index (χ2v) is 4.05. The number of nitrogens with one attached hydrogen (secondary N) is 1. The molecule has 1 unspecified atom stereocenters. The molecule has 4 nitrogen and oxygen atoms in total. The third-order valence-electron chi connectivity index (χ3n) is 2.95. The highest BCUT2D eigenvalue weighted by atomic mass is 19.4. The van der Waals surface area contributed by atoms with E-state index in [0.717, 1.165) is 7.11 Å². The predicted molar refractivity (Wildman–Crippen MR) is 64.1 cm³/mol. The van der Waals surface area contributed by atoms with Gasteiger partial charge < -0.3 is 4.74 Å². The molecular weight excluding hydrogens is 273 g/mol. The summed E-state index contributed by atoms with van der Waals surface area (Å²) in [5.74, 6) is -1.24. The molecule has 0 aliphatic carbocycles. The van der Waals surface area contributed by atoms with Crippen molar-refractivity contribution in [2.24, 2.45) is 0 Å². The fraction of sp³-hybridized carbons (Fsp3) is 0.231. The van der Waals surface area contributed by atoms with E-state index < -0.39 is 17.6 Å². The highest BCUT2D eigenvalue weighted by molar-refractivity contribution is 6.02. The molecule has 0 aliphatic heterocycles. The summed E-state index contributed by atoms with van der Waals surface area (Å²) in [7, 11) is 0.856. The van der Waals surface area contributed by atoms with Gasteiger partial charge in [0.2, 0.25) is 5.78 Å². The average Bonchev–Trinajstić information content (AvgIpc) is 2.93. The number of alkyl halides is 3. The molecule has 1 N–H and O–H groups in total. The normalized spacial score (nSPS) is 14.8. The van der Waals surface area contributed by atoms with Crippen LogP contribution < -0.4 is 0 Å². The summed E-state index contributed by atoms with van der Waals surface area (Å²) in [5.41, 5.74) is -3.61. The minimum Gasteiger partial charge on any atom is -0.357 e. The Labute approximate surface area is 112 Å². The van der Waals surface area contributed by atoms with Gasteiger partial charge in [-0.3, -0.25) is 9.89 Å². The SMILES string of the molecule is COC(C(=O)c1ccn[nH]1)(c1ccccc1)C(F)(F)F. The van der Waals surface area contributed by atoms with Gasteiger partial charge in [0.15, 0.2) is 0 Å². The van der Waals surface area contributed by atoms with Crippen LogP contribution in [0.1, 0.15) is 16.1 Å². The van der Waals surface area contributed by atoms with E-state index in [2.05, 4.69) is 14.9 Å². The Morgan fingerprint density at radius 1 is 1.20 bits per heavy atom. The van der Waals surface area contributed by atoms with Crippen molar-refractivity contribution in [1.29, 1.82) is 0 Å². The smallest absolute Gasteiger partial charge is 0.357 e. The van der Waals surface area contributed by atoms with Gasteiger partial charge in [0, 0.05) is 18.9 Å². The number of Topliss-reactive ketones (excluding diaryl/α,β-unsaturated/α-hetero) is 1. The third-order valence-corrected chi connectivity index (χ3v) is 2.95. The van der Waals surface area contributed by atoms with Crippen LogP contribution in [0.4, 0.5) is 13.2 Å². The van der Waals surface area contributed by atoms with Crippen molar-refractivity contribution >= 4 is 5.78 Å². The molecule has 0 radical (unpaired) electrons. The standard InChI is InChI=1S/C13H11F3N2O2/c1-20-12(13(14,15)16,9-5-3-2-4-6-9)11(19)10-7-8-17-18-10/h2-8H,1H3,(H,17,18). The largest absolute Gasteiger partial charge is 0.429 e. The number of aromatic amines is 1. The quantitative estimate of drug-likeness (QED) is 0.878. The van der Waals surface area contributed by atoms with Gasteiger partial charge >= 0.3 is 6.18 Å². The number of rotatable bonds is 4. The topological polar surface area (TPSA) is 55.0 Å². The van der Waals surface area contributed by atoms with E-state index in [4.69, 9.17) is 0 Å². The second-order valence-electron chi connectivity index (χ2n) is 4.05. The molecule has 0 bridgehead atoms. The molecule has 1 heterocycles. The molecule has 20 heavy (non-hydrogen) atoms. The van der Waals surface area contributed by atoms with Gasteiger partial charge in [0.25, 0.3) is 5.60 Å². The van der Waals surface area contributed by atoms with Crippen molar-refractivity contribution in [3.05, 3.63) is 53.9 Å². The average molecular weight is 284 g/mol. The number of benzene rings is 1. The van der Waals surface area contributed by atoms with Crippen LogP contribution in [0.15, 0.2) is 42.6 Å². The minimum absolute atomic E-state index is 0.270. The predicted octanol–water partition coefficient (Wildman–Crippen LogP) is 2.70. The molecule has 0 saturated carbocycles. The van der Waals surface area contributed by atoms with E-state index in [0.29, 0.717) is 0 Å². The van der Waals surface area contributed by atoms with Gasteiger partial charge in [0.05, 0.1) is 0 Å². The van der Waals surface area contributed by atoms with Crippen molar-refractivity contribution < 1.29 is 22.7 Å². The summed E-state index contributed by atoms with van der Waals surface area (Å²) in [4.78, 5) is 12.3. The number of H-pyrrole nitrogens is 1. The molecule has 2 aromatic rings. The zero-order valence-electron chi connectivity index (χ0n) is 10.4.